The van der Waals surface area contributed by atoms with Crippen molar-refractivity contribution in [3.8, 4) is 0 Å². The van der Waals surface area contributed by atoms with Crippen molar-refractivity contribution in [1.29, 1.82) is 0 Å². The fourth-order valence-electron chi connectivity index (χ4n) is 4.88. The van der Waals surface area contributed by atoms with Crippen molar-refractivity contribution >= 4 is 5.97 Å². The molecule has 0 unspecified atom stereocenters. The summed E-state index contributed by atoms with van der Waals surface area (Å²) in [5.41, 5.74) is -0.296. The van der Waals surface area contributed by atoms with Gasteiger partial charge in [-0.15, -0.1) is 0 Å². The second kappa shape index (κ2) is 5.62. The average Bonchev–Trinajstić information content (AvgIpc) is 3.07. The molecule has 0 radical (unpaired) electrons. The zero-order valence-electron chi connectivity index (χ0n) is 14.2. The summed E-state index contributed by atoms with van der Waals surface area (Å²) in [7, 11) is 0. The van der Waals surface area contributed by atoms with E-state index in [-0.39, 0.29) is 11.4 Å². The molecular formula is C18H27N3O2. The highest BCUT2D eigenvalue weighted by molar-refractivity contribution is 5.78. The smallest absolute Gasteiger partial charge is 0.313 e. The Morgan fingerprint density at radius 2 is 2.09 bits per heavy atom. The number of carbonyl (C=O) groups is 1. The van der Waals surface area contributed by atoms with Gasteiger partial charge in [0.1, 0.15) is 5.82 Å². The lowest BCUT2D eigenvalue weighted by atomic mass is 9.72. The first kappa shape index (κ1) is 15.2. The van der Waals surface area contributed by atoms with Gasteiger partial charge in [-0.2, -0.15) is 0 Å². The highest BCUT2D eigenvalue weighted by atomic mass is 16.5. The predicted molar refractivity (Wildman–Crippen MR) is 86.8 cm³/mol. The molecule has 23 heavy (non-hydrogen) atoms. The van der Waals surface area contributed by atoms with E-state index < -0.39 is 0 Å². The Labute approximate surface area is 138 Å². The van der Waals surface area contributed by atoms with Crippen LogP contribution in [0.25, 0.3) is 0 Å². The number of rotatable bonds is 6. The van der Waals surface area contributed by atoms with E-state index in [1.807, 2.05) is 13.1 Å². The molecule has 0 amide bonds. The Balaban J connectivity index is 1.56. The molecule has 5 nitrogen and oxygen atoms in total. The van der Waals surface area contributed by atoms with E-state index in [9.17, 15) is 4.79 Å². The lowest BCUT2D eigenvalue weighted by Crippen LogP contribution is -2.44. The molecule has 0 N–H and O–H groups in total. The van der Waals surface area contributed by atoms with Gasteiger partial charge < -0.3 is 9.30 Å². The summed E-state index contributed by atoms with van der Waals surface area (Å²) >= 11 is 0. The third-order valence-corrected chi connectivity index (χ3v) is 6.21. The Morgan fingerprint density at radius 3 is 2.78 bits per heavy atom. The molecule has 2 aliphatic heterocycles. The molecule has 2 bridgehead atoms. The second-order valence-electron chi connectivity index (χ2n) is 7.34. The number of aromatic nitrogens is 2. The summed E-state index contributed by atoms with van der Waals surface area (Å²) in [6, 6.07) is 1.49. The van der Waals surface area contributed by atoms with Gasteiger partial charge in [0.25, 0.3) is 0 Å². The largest absolute Gasteiger partial charge is 0.466 e. The highest BCUT2D eigenvalue weighted by Crippen LogP contribution is 2.53. The maximum absolute atomic E-state index is 12.7. The number of nitrogens with zero attached hydrogens (tertiary/aromatic N) is 3. The van der Waals surface area contributed by atoms with Crippen LogP contribution in [0.2, 0.25) is 0 Å². The number of imidazole rings is 1. The van der Waals surface area contributed by atoms with E-state index in [1.54, 1.807) is 0 Å². The zero-order chi connectivity index (χ0) is 16.0. The van der Waals surface area contributed by atoms with Crippen LogP contribution in [-0.2, 0) is 16.1 Å². The Hall–Kier alpha value is -1.36. The van der Waals surface area contributed by atoms with Crippen molar-refractivity contribution in [2.24, 2.45) is 5.41 Å². The molecule has 1 aromatic heterocycles. The van der Waals surface area contributed by atoms with E-state index in [4.69, 9.17) is 4.74 Å². The molecule has 5 heteroatoms. The topological polar surface area (TPSA) is 47.4 Å². The van der Waals surface area contributed by atoms with Gasteiger partial charge in [-0.3, -0.25) is 9.69 Å². The number of ether oxygens (including phenoxy) is 1. The van der Waals surface area contributed by atoms with Crippen molar-refractivity contribution in [2.75, 3.05) is 6.61 Å². The van der Waals surface area contributed by atoms with E-state index in [2.05, 4.69) is 27.6 Å². The molecule has 0 spiro atoms. The van der Waals surface area contributed by atoms with Gasteiger partial charge in [-0.25, -0.2) is 4.98 Å². The van der Waals surface area contributed by atoms with E-state index in [1.165, 1.54) is 25.1 Å². The lowest BCUT2D eigenvalue weighted by molar-refractivity contribution is -0.157. The number of fused-ring (bicyclic) bond motifs is 2. The highest BCUT2D eigenvalue weighted by Gasteiger charge is 2.59. The standard InChI is InChI=1S/C18H27N3O2/c1-3-18(17(22)23-4-2)11-14-7-8-15(18)21(14)12-16-19-9-10-20(16)13-5-6-13/h9-10,13-15H,3-8,11-12H2,1-2H3/t14-,15+,18+/m1/s1. The molecule has 3 heterocycles. The van der Waals surface area contributed by atoms with Crippen molar-refractivity contribution in [3.63, 3.8) is 0 Å². The van der Waals surface area contributed by atoms with Crippen LogP contribution in [0.3, 0.4) is 0 Å². The van der Waals surface area contributed by atoms with Crippen molar-refractivity contribution in [1.82, 2.24) is 14.5 Å². The van der Waals surface area contributed by atoms with Crippen molar-refractivity contribution < 1.29 is 9.53 Å². The molecule has 1 saturated carbocycles. The molecule has 3 fully saturated rings. The number of carbonyl (C=O) groups excluding carboxylic acids is 1. The Bertz CT molecular complexity index is 595. The first-order valence-electron chi connectivity index (χ1n) is 9.14. The summed E-state index contributed by atoms with van der Waals surface area (Å²) in [5, 5.41) is 0. The van der Waals surface area contributed by atoms with Gasteiger partial charge in [-0.05, 0) is 45.4 Å². The minimum Gasteiger partial charge on any atom is -0.466 e. The van der Waals surface area contributed by atoms with Gasteiger partial charge in [0.15, 0.2) is 0 Å². The van der Waals surface area contributed by atoms with Crippen molar-refractivity contribution in [3.05, 3.63) is 18.2 Å². The van der Waals surface area contributed by atoms with Gasteiger partial charge >= 0.3 is 5.97 Å². The molecule has 4 rings (SSSR count). The third-order valence-electron chi connectivity index (χ3n) is 6.21. The summed E-state index contributed by atoms with van der Waals surface area (Å²) in [5.74, 6) is 1.19. The van der Waals surface area contributed by atoms with Crippen LogP contribution < -0.4 is 0 Å². The SMILES string of the molecule is CCOC(=O)[C@@]1(CC)C[C@H]2CC[C@@H]1N2Cc1nccn1C1CC1. The van der Waals surface area contributed by atoms with Crippen LogP contribution in [0, 0.1) is 5.41 Å². The maximum atomic E-state index is 12.7. The zero-order valence-corrected chi connectivity index (χ0v) is 14.2. The van der Waals surface area contributed by atoms with Gasteiger partial charge in [0.05, 0.1) is 18.6 Å². The summed E-state index contributed by atoms with van der Waals surface area (Å²) in [4.78, 5) is 19.8. The second-order valence-corrected chi connectivity index (χ2v) is 7.34. The van der Waals surface area contributed by atoms with Crippen LogP contribution in [0.15, 0.2) is 12.4 Å². The molecule has 0 aromatic carbocycles. The van der Waals surface area contributed by atoms with Crippen LogP contribution in [-0.4, -0.2) is 39.1 Å². The average molecular weight is 317 g/mol. The van der Waals surface area contributed by atoms with Crippen LogP contribution in [0.4, 0.5) is 0 Å². The fourth-order valence-corrected chi connectivity index (χ4v) is 4.88. The van der Waals surface area contributed by atoms with Gasteiger partial charge in [-0.1, -0.05) is 6.92 Å². The summed E-state index contributed by atoms with van der Waals surface area (Å²) in [6.45, 7) is 5.39. The Kier molecular flexibility index (Phi) is 3.71. The molecule has 1 aliphatic carbocycles. The van der Waals surface area contributed by atoms with E-state index in [0.717, 1.165) is 25.8 Å². The quantitative estimate of drug-likeness (QED) is 0.757. The summed E-state index contributed by atoms with van der Waals surface area (Å²) in [6.07, 6.45) is 10.7. The van der Waals surface area contributed by atoms with Crippen molar-refractivity contribution in [2.45, 2.75) is 77.0 Å². The first-order valence-corrected chi connectivity index (χ1v) is 9.14. The Morgan fingerprint density at radius 1 is 1.30 bits per heavy atom. The maximum Gasteiger partial charge on any atom is 0.313 e. The fraction of sp³-hybridized carbons (Fsp3) is 0.778. The van der Waals surface area contributed by atoms with Gasteiger partial charge in [0.2, 0.25) is 0 Å². The molecular weight excluding hydrogens is 290 g/mol. The molecule has 3 atom stereocenters. The number of hydrogen-bond acceptors (Lipinski definition) is 4. The van der Waals surface area contributed by atoms with Crippen LogP contribution in [0.1, 0.15) is 64.2 Å². The number of esters is 1. The first-order chi connectivity index (χ1) is 11.2. The van der Waals surface area contributed by atoms with Crippen LogP contribution in [0.5, 0.6) is 0 Å². The molecule has 2 saturated heterocycles. The molecule has 1 aromatic rings. The molecule has 126 valence electrons. The third kappa shape index (κ3) is 2.32. The van der Waals surface area contributed by atoms with Crippen LogP contribution >= 0.6 is 0 Å². The minimum absolute atomic E-state index is 0.0187. The summed E-state index contributed by atoms with van der Waals surface area (Å²) < 4.78 is 7.78. The van der Waals surface area contributed by atoms with E-state index >= 15 is 0 Å². The number of hydrogen-bond donors (Lipinski definition) is 0. The lowest BCUT2D eigenvalue weighted by Gasteiger charge is -2.34. The van der Waals surface area contributed by atoms with E-state index in [0.29, 0.717) is 24.7 Å². The van der Waals surface area contributed by atoms with Gasteiger partial charge in [0, 0.05) is 30.5 Å². The normalized spacial score (nSPS) is 33.3. The molecule has 3 aliphatic rings. The monoisotopic (exact) mass is 317 g/mol. The predicted octanol–water partition coefficient (Wildman–Crippen LogP) is 2.91. The minimum atomic E-state index is -0.296.